The lowest BCUT2D eigenvalue weighted by Gasteiger charge is -2.20. The molecule has 0 aromatic heterocycles. The first-order chi connectivity index (χ1) is 11.2. The van der Waals surface area contributed by atoms with Crippen LogP contribution in [0, 0.1) is 0 Å². The van der Waals surface area contributed by atoms with E-state index in [1.165, 1.54) is 0 Å². The number of rotatable bonds is 5. The minimum absolute atomic E-state index is 0.0554. The summed E-state index contributed by atoms with van der Waals surface area (Å²) in [5.41, 5.74) is 1.17. The maximum Gasteiger partial charge on any atom is 0.251 e. The molecule has 3 amide bonds. The molecule has 0 aliphatic carbocycles. The summed E-state index contributed by atoms with van der Waals surface area (Å²) in [5, 5.41) is 5.39. The summed E-state index contributed by atoms with van der Waals surface area (Å²) in [6.07, 6.45) is 1.53. The molecule has 0 atom stereocenters. The van der Waals surface area contributed by atoms with Crippen LogP contribution in [-0.4, -0.2) is 41.2 Å². The molecule has 1 aromatic rings. The molecule has 1 aliphatic rings. The zero-order valence-corrected chi connectivity index (χ0v) is 14.5. The van der Waals surface area contributed by atoms with Crippen molar-refractivity contribution in [2.45, 2.75) is 45.7 Å². The van der Waals surface area contributed by atoms with Crippen LogP contribution < -0.4 is 10.6 Å². The third-order valence-electron chi connectivity index (χ3n) is 3.68. The molecular weight excluding hydrogens is 306 g/mol. The Morgan fingerprint density at radius 3 is 2.38 bits per heavy atom. The van der Waals surface area contributed by atoms with Crippen LogP contribution >= 0.6 is 0 Å². The molecule has 0 saturated carbocycles. The highest BCUT2D eigenvalue weighted by molar-refractivity contribution is 5.96. The number of carbonyl (C=O) groups excluding carboxylic acids is 3. The van der Waals surface area contributed by atoms with Gasteiger partial charge in [-0.1, -0.05) is 12.1 Å². The maximum absolute atomic E-state index is 12.1. The topological polar surface area (TPSA) is 78.5 Å². The van der Waals surface area contributed by atoms with Crippen LogP contribution in [0.2, 0.25) is 0 Å². The van der Waals surface area contributed by atoms with Crippen LogP contribution in [0.25, 0.3) is 0 Å². The Balaban J connectivity index is 1.84. The quantitative estimate of drug-likeness (QED) is 0.857. The minimum Gasteiger partial charge on any atom is -0.350 e. The Morgan fingerprint density at radius 2 is 1.83 bits per heavy atom. The molecule has 1 heterocycles. The number of hydrogen-bond donors (Lipinski definition) is 2. The highest BCUT2D eigenvalue weighted by Crippen LogP contribution is 2.14. The molecule has 0 radical (unpaired) electrons. The van der Waals surface area contributed by atoms with Crippen molar-refractivity contribution in [2.75, 3.05) is 13.1 Å². The fourth-order valence-electron chi connectivity index (χ4n) is 2.58. The van der Waals surface area contributed by atoms with Gasteiger partial charge in [0, 0.05) is 30.6 Å². The smallest absolute Gasteiger partial charge is 0.251 e. The summed E-state index contributed by atoms with van der Waals surface area (Å²) >= 11 is 0. The van der Waals surface area contributed by atoms with E-state index >= 15 is 0 Å². The zero-order chi connectivity index (χ0) is 17.7. The summed E-state index contributed by atoms with van der Waals surface area (Å²) < 4.78 is 0. The lowest BCUT2D eigenvalue weighted by molar-refractivity contribution is -0.128. The summed E-state index contributed by atoms with van der Waals surface area (Å²) in [6.45, 7) is 6.97. The second-order valence-corrected chi connectivity index (χ2v) is 7.10. The standard InChI is InChI=1S/C18H25N3O3/c1-18(2,3)20-15(22)11-19-17(24)14-8-6-13(7-9-14)12-21-10-4-5-16(21)23/h6-9H,4-5,10-12H2,1-3H3,(H,19,24)(H,20,22). The third kappa shape index (κ3) is 5.37. The van der Waals surface area contributed by atoms with E-state index < -0.39 is 0 Å². The van der Waals surface area contributed by atoms with Gasteiger partial charge in [0.15, 0.2) is 0 Å². The summed E-state index contributed by atoms with van der Waals surface area (Å²) in [6, 6.07) is 7.12. The Hall–Kier alpha value is -2.37. The van der Waals surface area contributed by atoms with Crippen molar-refractivity contribution in [3.63, 3.8) is 0 Å². The zero-order valence-electron chi connectivity index (χ0n) is 14.5. The first kappa shape index (κ1) is 18.0. The SMILES string of the molecule is CC(C)(C)NC(=O)CNC(=O)c1ccc(CN2CCCC2=O)cc1. The van der Waals surface area contributed by atoms with Crippen LogP contribution in [0.1, 0.15) is 49.5 Å². The number of hydrogen-bond acceptors (Lipinski definition) is 3. The Labute approximate surface area is 142 Å². The van der Waals surface area contributed by atoms with Gasteiger partial charge in [-0.25, -0.2) is 0 Å². The van der Waals surface area contributed by atoms with Gasteiger partial charge >= 0.3 is 0 Å². The number of nitrogens with zero attached hydrogens (tertiary/aromatic N) is 1. The van der Waals surface area contributed by atoms with Crippen molar-refractivity contribution < 1.29 is 14.4 Å². The Morgan fingerprint density at radius 1 is 1.17 bits per heavy atom. The van der Waals surface area contributed by atoms with Crippen molar-refractivity contribution in [2.24, 2.45) is 0 Å². The molecule has 1 aliphatic heterocycles. The van der Waals surface area contributed by atoms with Crippen LogP contribution in [0.4, 0.5) is 0 Å². The largest absolute Gasteiger partial charge is 0.350 e. The lowest BCUT2D eigenvalue weighted by Crippen LogP contribution is -2.45. The first-order valence-corrected chi connectivity index (χ1v) is 8.20. The molecule has 1 aromatic carbocycles. The molecule has 24 heavy (non-hydrogen) atoms. The van der Waals surface area contributed by atoms with Crippen molar-refractivity contribution >= 4 is 17.7 Å². The normalized spacial score (nSPS) is 14.6. The predicted molar refractivity (Wildman–Crippen MR) is 91.3 cm³/mol. The Kier molecular flexibility index (Phi) is 5.59. The second kappa shape index (κ2) is 7.47. The molecule has 0 unspecified atom stereocenters. The van der Waals surface area contributed by atoms with Gasteiger partial charge in [-0.05, 0) is 44.9 Å². The van der Waals surface area contributed by atoms with Crippen molar-refractivity contribution in [1.29, 1.82) is 0 Å². The van der Waals surface area contributed by atoms with Crippen molar-refractivity contribution in [3.8, 4) is 0 Å². The summed E-state index contributed by atoms with van der Waals surface area (Å²) in [7, 11) is 0. The number of carbonyl (C=O) groups is 3. The average molecular weight is 331 g/mol. The molecular formula is C18H25N3O3. The highest BCUT2D eigenvalue weighted by Gasteiger charge is 2.20. The van der Waals surface area contributed by atoms with Gasteiger partial charge < -0.3 is 15.5 Å². The Bertz CT molecular complexity index is 617. The van der Waals surface area contributed by atoms with Gasteiger partial charge in [-0.15, -0.1) is 0 Å². The van der Waals surface area contributed by atoms with E-state index in [2.05, 4.69) is 10.6 Å². The van der Waals surface area contributed by atoms with Crippen LogP contribution in [0.5, 0.6) is 0 Å². The number of benzene rings is 1. The number of likely N-dealkylation sites (tertiary alicyclic amines) is 1. The van der Waals surface area contributed by atoms with Crippen molar-refractivity contribution in [1.82, 2.24) is 15.5 Å². The van der Waals surface area contributed by atoms with Gasteiger partial charge in [0.05, 0.1) is 6.54 Å². The summed E-state index contributed by atoms with van der Waals surface area (Å²) in [5.74, 6) is -0.329. The maximum atomic E-state index is 12.1. The van der Waals surface area contributed by atoms with E-state index in [0.717, 1.165) is 18.5 Å². The van der Waals surface area contributed by atoms with E-state index in [9.17, 15) is 14.4 Å². The molecule has 1 saturated heterocycles. The number of amides is 3. The predicted octanol–water partition coefficient (Wildman–Crippen LogP) is 1.45. The van der Waals surface area contributed by atoms with Gasteiger partial charge in [0.25, 0.3) is 5.91 Å². The molecule has 130 valence electrons. The second-order valence-electron chi connectivity index (χ2n) is 7.10. The molecule has 6 heteroatoms. The summed E-state index contributed by atoms with van der Waals surface area (Å²) in [4.78, 5) is 37.2. The molecule has 1 fully saturated rings. The van der Waals surface area contributed by atoms with Gasteiger partial charge in [-0.3, -0.25) is 14.4 Å². The van der Waals surface area contributed by atoms with Crippen LogP contribution in [-0.2, 0) is 16.1 Å². The monoisotopic (exact) mass is 331 g/mol. The first-order valence-electron chi connectivity index (χ1n) is 8.20. The molecule has 2 rings (SSSR count). The van der Waals surface area contributed by atoms with E-state index in [0.29, 0.717) is 18.5 Å². The molecule has 6 nitrogen and oxygen atoms in total. The van der Waals surface area contributed by atoms with E-state index in [1.54, 1.807) is 12.1 Å². The van der Waals surface area contributed by atoms with Crippen LogP contribution in [0.15, 0.2) is 24.3 Å². The third-order valence-corrected chi connectivity index (χ3v) is 3.68. The highest BCUT2D eigenvalue weighted by atomic mass is 16.2. The van der Waals surface area contributed by atoms with E-state index in [4.69, 9.17) is 0 Å². The molecule has 2 N–H and O–H groups in total. The lowest BCUT2D eigenvalue weighted by atomic mass is 10.1. The molecule has 0 spiro atoms. The average Bonchev–Trinajstić information content (AvgIpc) is 2.89. The van der Waals surface area contributed by atoms with Crippen LogP contribution in [0.3, 0.4) is 0 Å². The van der Waals surface area contributed by atoms with E-state index in [1.807, 2.05) is 37.8 Å². The van der Waals surface area contributed by atoms with Gasteiger partial charge in [-0.2, -0.15) is 0 Å². The van der Waals surface area contributed by atoms with Gasteiger partial charge in [0.1, 0.15) is 0 Å². The van der Waals surface area contributed by atoms with Gasteiger partial charge in [0.2, 0.25) is 11.8 Å². The fourth-order valence-corrected chi connectivity index (χ4v) is 2.58. The minimum atomic E-state index is -0.323. The fraction of sp³-hybridized carbons (Fsp3) is 0.500. The van der Waals surface area contributed by atoms with E-state index in [-0.39, 0.29) is 29.8 Å². The molecule has 0 bridgehead atoms. The number of nitrogens with one attached hydrogen (secondary N) is 2. The van der Waals surface area contributed by atoms with Crippen molar-refractivity contribution in [3.05, 3.63) is 35.4 Å².